The van der Waals surface area contributed by atoms with E-state index >= 15 is 0 Å². The van der Waals surface area contributed by atoms with Crippen LogP contribution in [-0.4, -0.2) is 43.8 Å². The van der Waals surface area contributed by atoms with Crippen LogP contribution in [0.4, 0.5) is 18.9 Å². The van der Waals surface area contributed by atoms with Crippen molar-refractivity contribution in [3.05, 3.63) is 93.4 Å². The molecule has 0 bridgehead atoms. The second kappa shape index (κ2) is 14.3. The highest BCUT2D eigenvalue weighted by Gasteiger charge is 2.37. The zero-order valence-corrected chi connectivity index (χ0v) is 27.0. The quantitative estimate of drug-likeness (QED) is 0.241. The van der Waals surface area contributed by atoms with Crippen LogP contribution in [-0.2, 0) is 32.3 Å². The number of halogens is 5. The lowest BCUT2D eigenvalue weighted by atomic mass is 9.95. The van der Waals surface area contributed by atoms with Crippen molar-refractivity contribution in [2.75, 3.05) is 10.8 Å². The Bertz CT molecular complexity index is 1570. The Morgan fingerprint density at radius 2 is 1.64 bits per heavy atom. The molecule has 7 nitrogen and oxygen atoms in total. The Balaban J connectivity index is 1.73. The molecular weight excluding hydrogens is 683 g/mol. The number of carbonyl (C=O) groups is 2. The van der Waals surface area contributed by atoms with Gasteiger partial charge in [-0.1, -0.05) is 77.1 Å². The van der Waals surface area contributed by atoms with E-state index in [4.69, 9.17) is 11.6 Å². The average molecular weight is 715 g/mol. The van der Waals surface area contributed by atoms with E-state index in [-0.39, 0.29) is 17.5 Å². The largest absolute Gasteiger partial charge is 0.417 e. The number of nitrogens with one attached hydrogen (secondary N) is 1. The molecule has 0 radical (unpaired) electrons. The molecule has 0 heterocycles. The molecule has 1 atom stereocenters. The summed E-state index contributed by atoms with van der Waals surface area (Å²) in [4.78, 5) is 28.5. The van der Waals surface area contributed by atoms with Gasteiger partial charge in [-0.3, -0.25) is 13.9 Å². The SMILES string of the molecule is C[C@H](C(=O)NC1CCCCC1)N(Cc1ccc(Br)cc1)C(=O)CN(c1ccc(Cl)c(C(F)(F)F)c1)S(=O)(=O)c1ccccc1. The molecule has 1 N–H and O–H groups in total. The van der Waals surface area contributed by atoms with Gasteiger partial charge in [-0.2, -0.15) is 13.2 Å². The Morgan fingerprint density at radius 1 is 1.00 bits per heavy atom. The van der Waals surface area contributed by atoms with Crippen molar-refractivity contribution in [3.8, 4) is 0 Å². The summed E-state index contributed by atoms with van der Waals surface area (Å²) >= 11 is 9.19. The predicted octanol–water partition coefficient (Wildman–Crippen LogP) is 7.18. The third-order valence-electron chi connectivity index (χ3n) is 7.54. The summed E-state index contributed by atoms with van der Waals surface area (Å²) in [6.45, 7) is 0.641. The fraction of sp³-hybridized carbons (Fsp3) is 0.355. The Morgan fingerprint density at radius 3 is 2.25 bits per heavy atom. The van der Waals surface area contributed by atoms with Crippen molar-refractivity contribution < 1.29 is 31.2 Å². The second-order valence-electron chi connectivity index (χ2n) is 10.7. The normalized spacial score (nSPS) is 15.0. The molecule has 13 heteroatoms. The second-order valence-corrected chi connectivity index (χ2v) is 13.8. The van der Waals surface area contributed by atoms with E-state index in [0.717, 1.165) is 48.7 Å². The highest BCUT2D eigenvalue weighted by molar-refractivity contribution is 9.10. The number of sulfonamides is 1. The van der Waals surface area contributed by atoms with Crippen molar-refractivity contribution in [3.63, 3.8) is 0 Å². The number of hydrogen-bond donors (Lipinski definition) is 1. The van der Waals surface area contributed by atoms with Gasteiger partial charge in [-0.05, 0) is 67.8 Å². The first-order valence-electron chi connectivity index (χ1n) is 14.1. The lowest BCUT2D eigenvalue weighted by molar-refractivity contribution is -0.139. The minimum absolute atomic E-state index is 0.0341. The molecule has 4 rings (SSSR count). The van der Waals surface area contributed by atoms with E-state index in [1.54, 1.807) is 37.3 Å². The molecule has 44 heavy (non-hydrogen) atoms. The molecule has 1 saturated carbocycles. The number of nitrogens with zero attached hydrogens (tertiary/aromatic N) is 2. The van der Waals surface area contributed by atoms with E-state index in [1.165, 1.54) is 29.2 Å². The van der Waals surface area contributed by atoms with Crippen molar-refractivity contribution in [1.82, 2.24) is 10.2 Å². The molecule has 2 amide bonds. The Labute approximate surface area is 268 Å². The number of rotatable bonds is 10. The van der Waals surface area contributed by atoms with Gasteiger partial charge >= 0.3 is 6.18 Å². The molecular formula is C31H32BrClF3N3O4S. The molecule has 1 aliphatic rings. The van der Waals surface area contributed by atoms with Gasteiger partial charge in [0, 0.05) is 17.1 Å². The van der Waals surface area contributed by atoms with Crippen LogP contribution in [0.25, 0.3) is 0 Å². The Hall–Kier alpha value is -3.09. The molecule has 0 aromatic heterocycles. The molecule has 0 aliphatic heterocycles. The van der Waals surface area contributed by atoms with Crippen LogP contribution in [0.15, 0.2) is 82.2 Å². The van der Waals surface area contributed by atoms with Crippen molar-refractivity contribution in [1.29, 1.82) is 0 Å². The van der Waals surface area contributed by atoms with Gasteiger partial charge < -0.3 is 10.2 Å². The van der Waals surface area contributed by atoms with Crippen molar-refractivity contribution in [2.45, 2.75) is 68.7 Å². The highest BCUT2D eigenvalue weighted by atomic mass is 79.9. The van der Waals surface area contributed by atoms with Gasteiger partial charge in [0.05, 0.1) is 21.2 Å². The smallest absolute Gasteiger partial charge is 0.352 e. The number of amides is 2. The van der Waals surface area contributed by atoms with E-state index in [9.17, 15) is 31.2 Å². The van der Waals surface area contributed by atoms with Crippen LogP contribution < -0.4 is 9.62 Å². The molecule has 1 fully saturated rings. The monoisotopic (exact) mass is 713 g/mol. The van der Waals surface area contributed by atoms with Crippen LogP contribution >= 0.6 is 27.5 Å². The summed E-state index contributed by atoms with van der Waals surface area (Å²) in [5, 5.41) is 2.39. The number of carbonyl (C=O) groups excluding carboxylic acids is 2. The summed E-state index contributed by atoms with van der Waals surface area (Å²) in [6.07, 6.45) is -0.190. The maximum absolute atomic E-state index is 14.0. The van der Waals surface area contributed by atoms with Gasteiger partial charge in [0.1, 0.15) is 12.6 Å². The first-order valence-corrected chi connectivity index (χ1v) is 16.7. The van der Waals surface area contributed by atoms with Crippen LogP contribution in [0.3, 0.4) is 0 Å². The fourth-order valence-corrected chi connectivity index (χ4v) is 6.99. The van der Waals surface area contributed by atoms with E-state index in [1.807, 2.05) is 0 Å². The van der Waals surface area contributed by atoms with Gasteiger partial charge in [-0.15, -0.1) is 0 Å². The minimum atomic E-state index is -4.88. The lowest BCUT2D eigenvalue weighted by Gasteiger charge is -2.33. The Kier molecular flexibility index (Phi) is 11.0. The molecule has 0 saturated heterocycles. The molecule has 0 unspecified atom stereocenters. The van der Waals surface area contributed by atoms with Crippen molar-refractivity contribution >= 4 is 55.1 Å². The molecule has 236 valence electrons. The minimum Gasteiger partial charge on any atom is -0.352 e. The molecule has 3 aromatic carbocycles. The van der Waals surface area contributed by atoms with Gasteiger partial charge in [-0.25, -0.2) is 8.42 Å². The molecule has 3 aromatic rings. The molecule has 0 spiro atoms. The predicted molar refractivity (Wildman–Crippen MR) is 167 cm³/mol. The van der Waals surface area contributed by atoms with E-state index in [2.05, 4.69) is 21.2 Å². The third-order valence-corrected chi connectivity index (χ3v) is 10.2. The zero-order chi connectivity index (χ0) is 32.1. The third kappa shape index (κ3) is 8.33. The van der Waals surface area contributed by atoms with Crippen LogP contribution in [0, 0.1) is 0 Å². The van der Waals surface area contributed by atoms with Crippen LogP contribution in [0.2, 0.25) is 5.02 Å². The summed E-state index contributed by atoms with van der Waals surface area (Å²) in [5.74, 6) is -1.17. The number of alkyl halides is 3. The topological polar surface area (TPSA) is 86.8 Å². The zero-order valence-electron chi connectivity index (χ0n) is 23.9. The van der Waals surface area contributed by atoms with Crippen LogP contribution in [0.5, 0.6) is 0 Å². The lowest BCUT2D eigenvalue weighted by Crippen LogP contribution is -2.53. The summed E-state index contributed by atoms with van der Waals surface area (Å²) in [6, 6.07) is 15.7. The van der Waals surface area contributed by atoms with Gasteiger partial charge in [0.2, 0.25) is 11.8 Å². The molecule has 1 aliphatic carbocycles. The van der Waals surface area contributed by atoms with E-state index < -0.39 is 56.9 Å². The van der Waals surface area contributed by atoms with Crippen molar-refractivity contribution in [2.24, 2.45) is 0 Å². The summed E-state index contributed by atoms with van der Waals surface area (Å²) in [7, 11) is -4.54. The number of hydrogen-bond acceptors (Lipinski definition) is 4. The summed E-state index contributed by atoms with van der Waals surface area (Å²) in [5.41, 5.74) is -0.978. The highest BCUT2D eigenvalue weighted by Crippen LogP contribution is 2.38. The first-order chi connectivity index (χ1) is 20.8. The maximum atomic E-state index is 14.0. The summed E-state index contributed by atoms with van der Waals surface area (Å²) < 4.78 is 70.5. The van der Waals surface area contributed by atoms with Gasteiger partial charge in [0.15, 0.2) is 0 Å². The standard InChI is InChI=1S/C31H32BrClF3N3O4S/c1-21(30(41)37-24-8-4-2-5-9-24)38(19-22-12-14-23(32)15-13-22)29(40)20-39(44(42,43)26-10-6-3-7-11-26)25-16-17-28(33)27(18-25)31(34,35)36/h3,6-7,10-18,21,24H,2,4-5,8-9,19-20H2,1H3,(H,37,41)/t21-/m1/s1. The average Bonchev–Trinajstić information content (AvgIpc) is 2.99. The maximum Gasteiger partial charge on any atom is 0.417 e. The van der Waals surface area contributed by atoms with E-state index in [0.29, 0.717) is 15.9 Å². The first kappa shape index (κ1) is 33.8. The van der Waals surface area contributed by atoms with Gasteiger partial charge in [0.25, 0.3) is 10.0 Å². The van der Waals surface area contributed by atoms with Crippen LogP contribution in [0.1, 0.15) is 50.2 Å². The number of benzene rings is 3. The fourth-order valence-electron chi connectivity index (χ4n) is 5.07. The number of anilines is 1.